The van der Waals surface area contributed by atoms with E-state index in [2.05, 4.69) is 12.2 Å². The number of amides is 1. The summed E-state index contributed by atoms with van der Waals surface area (Å²) in [5, 5.41) is 4.16. The summed E-state index contributed by atoms with van der Waals surface area (Å²) >= 11 is 0. The summed E-state index contributed by atoms with van der Waals surface area (Å²) in [6.07, 6.45) is 4.25. The van der Waals surface area contributed by atoms with Gasteiger partial charge in [-0.25, -0.2) is 0 Å². The van der Waals surface area contributed by atoms with Gasteiger partial charge >= 0.3 is 0 Å². The molecule has 14 heavy (non-hydrogen) atoms. The van der Waals surface area contributed by atoms with Gasteiger partial charge in [-0.3, -0.25) is 9.00 Å². The van der Waals surface area contributed by atoms with E-state index in [4.69, 9.17) is 0 Å². The highest BCUT2D eigenvalue weighted by atomic mass is 32.2. The average molecular weight is 217 g/mol. The smallest absolute Gasteiger partial charge is 0.244 e. The molecule has 0 saturated carbocycles. The summed E-state index contributed by atoms with van der Waals surface area (Å²) in [5.41, 5.74) is 0. The van der Waals surface area contributed by atoms with Crippen LogP contribution >= 0.6 is 0 Å². The summed E-state index contributed by atoms with van der Waals surface area (Å²) in [4.78, 5) is 11.0. The number of nitrogens with one attached hydrogen (secondary N) is 1. The van der Waals surface area contributed by atoms with E-state index >= 15 is 0 Å². The Morgan fingerprint density at radius 2 is 2.07 bits per heavy atom. The molecule has 3 nitrogen and oxygen atoms in total. The third kappa shape index (κ3) is 7.98. The maximum Gasteiger partial charge on any atom is 0.244 e. The quantitative estimate of drug-likeness (QED) is 0.658. The molecule has 0 rings (SSSR count). The zero-order valence-corrected chi connectivity index (χ0v) is 9.73. The summed E-state index contributed by atoms with van der Waals surface area (Å²) < 4.78 is 11.2. The van der Waals surface area contributed by atoms with Crippen molar-refractivity contribution in [2.24, 2.45) is 0 Å². The number of hydrogen-bond acceptors (Lipinski definition) is 2. The monoisotopic (exact) mass is 217 g/mol. The molecule has 0 aromatic heterocycles. The van der Waals surface area contributed by atoms with E-state index in [-0.39, 0.29) is 5.91 Å². The van der Waals surface area contributed by atoms with Crippen LogP contribution in [0.2, 0.25) is 0 Å². The molecule has 0 bridgehead atoms. The lowest BCUT2D eigenvalue weighted by Crippen LogP contribution is -2.21. The highest BCUT2D eigenvalue weighted by molar-refractivity contribution is 7.87. The Bertz CT molecular complexity index is 192. The number of carbonyl (C=O) groups is 1. The molecule has 1 N–H and O–H groups in total. The number of unbranched alkanes of at least 4 members (excludes halogenated alkanes) is 1. The van der Waals surface area contributed by atoms with Gasteiger partial charge in [0.05, 0.1) is 0 Å². The number of carbonyl (C=O) groups excluding carboxylic acids is 1. The molecule has 0 aromatic carbocycles. The Balaban J connectivity index is 3.68. The van der Waals surface area contributed by atoms with Crippen LogP contribution in [-0.4, -0.2) is 22.4 Å². The zero-order valence-electron chi connectivity index (χ0n) is 8.91. The first-order valence-corrected chi connectivity index (χ1v) is 6.42. The molecule has 82 valence electrons. The van der Waals surface area contributed by atoms with E-state index < -0.39 is 10.8 Å². The molecule has 0 aliphatic heterocycles. The van der Waals surface area contributed by atoms with Gasteiger partial charge in [0.2, 0.25) is 5.91 Å². The molecule has 0 aliphatic carbocycles. The molecule has 4 heteroatoms. The Morgan fingerprint density at radius 1 is 1.36 bits per heavy atom. The number of hydrogen-bond donors (Lipinski definition) is 1. The van der Waals surface area contributed by atoms with Crippen molar-refractivity contribution in [1.29, 1.82) is 0 Å². The minimum atomic E-state index is -0.987. The van der Waals surface area contributed by atoms with Gasteiger partial charge in [0, 0.05) is 34.6 Å². The predicted molar refractivity (Wildman–Crippen MR) is 60.4 cm³/mol. The van der Waals surface area contributed by atoms with Crippen LogP contribution in [0.1, 0.15) is 33.1 Å². The van der Waals surface area contributed by atoms with Crippen LogP contribution in [0.5, 0.6) is 0 Å². The van der Waals surface area contributed by atoms with E-state index in [0.29, 0.717) is 12.3 Å². The highest BCUT2D eigenvalue weighted by Crippen LogP contribution is 1.93. The van der Waals surface area contributed by atoms with E-state index in [1.807, 2.05) is 6.92 Å². The van der Waals surface area contributed by atoms with Gasteiger partial charge in [0.15, 0.2) is 0 Å². The Hall–Kier alpha value is -0.640. The second-order valence-corrected chi connectivity index (χ2v) is 4.47. The predicted octanol–water partition coefficient (Wildman–Crippen LogP) is 1.58. The van der Waals surface area contributed by atoms with E-state index in [0.717, 1.165) is 19.3 Å². The van der Waals surface area contributed by atoms with Gasteiger partial charge in [-0.1, -0.05) is 20.3 Å². The topological polar surface area (TPSA) is 46.2 Å². The lowest BCUT2D eigenvalue weighted by Gasteiger charge is -1.97. The molecule has 0 aliphatic rings. The highest BCUT2D eigenvalue weighted by Gasteiger charge is 1.96. The van der Waals surface area contributed by atoms with Crippen molar-refractivity contribution in [3.8, 4) is 0 Å². The molecule has 0 saturated heterocycles. The van der Waals surface area contributed by atoms with E-state index in [1.165, 1.54) is 11.5 Å². The number of rotatable bonds is 7. The fraction of sp³-hybridized carbons (Fsp3) is 0.700. The third-order valence-electron chi connectivity index (χ3n) is 1.62. The second-order valence-electron chi connectivity index (χ2n) is 3.03. The maximum absolute atomic E-state index is 11.2. The van der Waals surface area contributed by atoms with Crippen molar-refractivity contribution in [2.45, 2.75) is 33.1 Å². The van der Waals surface area contributed by atoms with Crippen LogP contribution in [-0.2, 0) is 15.6 Å². The van der Waals surface area contributed by atoms with Crippen molar-refractivity contribution in [3.05, 3.63) is 11.5 Å². The molecule has 0 heterocycles. The maximum atomic E-state index is 11.2. The molecule has 1 atom stereocenters. The average Bonchev–Trinajstić information content (AvgIpc) is 2.20. The molecular formula is C10H19NO2S. The molecule has 0 spiro atoms. The third-order valence-corrected chi connectivity index (χ3v) is 2.75. The summed E-state index contributed by atoms with van der Waals surface area (Å²) in [6.45, 7) is 4.71. The van der Waals surface area contributed by atoms with Crippen LogP contribution in [0.3, 0.4) is 0 Å². The molecule has 1 amide bonds. The first-order chi connectivity index (χ1) is 6.70. The zero-order chi connectivity index (χ0) is 10.8. The molecule has 0 unspecified atom stereocenters. The Morgan fingerprint density at radius 3 is 2.64 bits per heavy atom. The van der Waals surface area contributed by atoms with Crippen molar-refractivity contribution in [3.63, 3.8) is 0 Å². The van der Waals surface area contributed by atoms with Crippen molar-refractivity contribution in [2.75, 3.05) is 12.3 Å². The second kappa shape index (κ2) is 8.94. The molecule has 0 radical (unpaired) electrons. The van der Waals surface area contributed by atoms with E-state index in [1.54, 1.807) is 0 Å². The Labute approximate surface area is 88.4 Å². The van der Waals surface area contributed by atoms with Gasteiger partial charge in [0.25, 0.3) is 0 Å². The van der Waals surface area contributed by atoms with Crippen LogP contribution in [0.25, 0.3) is 0 Å². The van der Waals surface area contributed by atoms with Crippen LogP contribution < -0.4 is 5.32 Å². The lowest BCUT2D eigenvalue weighted by molar-refractivity contribution is -0.116. The fourth-order valence-corrected chi connectivity index (χ4v) is 1.78. The molecular weight excluding hydrogens is 198 g/mol. The minimum Gasteiger partial charge on any atom is -0.353 e. The normalized spacial score (nSPS) is 13.0. The first-order valence-electron chi connectivity index (χ1n) is 5.03. The summed E-state index contributed by atoms with van der Waals surface area (Å²) in [5.74, 6) is 0.491. The minimum absolute atomic E-state index is 0.156. The summed E-state index contributed by atoms with van der Waals surface area (Å²) in [6, 6.07) is 0. The van der Waals surface area contributed by atoms with Gasteiger partial charge < -0.3 is 5.32 Å². The fourth-order valence-electron chi connectivity index (χ4n) is 0.799. The first kappa shape index (κ1) is 13.4. The Kier molecular flexibility index (Phi) is 8.53. The standard InChI is InChI=1S/C10H19NO2S/c1-3-5-8-14(13)9-6-10(12)11-7-4-2/h6,9H,3-5,7-8H2,1-2H3,(H,11,12)/b9-6-/t14-/m0/s1. The SMILES string of the molecule is CCCC[S@](=O)/C=C\C(=O)NCCC. The molecule has 0 fully saturated rings. The van der Waals surface area contributed by atoms with Crippen LogP contribution in [0.4, 0.5) is 0 Å². The lowest BCUT2D eigenvalue weighted by atomic mass is 10.4. The van der Waals surface area contributed by atoms with Crippen LogP contribution in [0.15, 0.2) is 11.5 Å². The van der Waals surface area contributed by atoms with E-state index in [9.17, 15) is 9.00 Å². The van der Waals surface area contributed by atoms with Gasteiger partial charge in [-0.05, 0) is 12.8 Å². The largest absolute Gasteiger partial charge is 0.353 e. The molecule has 0 aromatic rings. The van der Waals surface area contributed by atoms with Crippen LogP contribution in [0, 0.1) is 0 Å². The van der Waals surface area contributed by atoms with Crippen molar-refractivity contribution in [1.82, 2.24) is 5.32 Å². The van der Waals surface area contributed by atoms with Crippen molar-refractivity contribution >= 4 is 16.7 Å². The van der Waals surface area contributed by atoms with Gasteiger partial charge in [-0.2, -0.15) is 0 Å². The van der Waals surface area contributed by atoms with Gasteiger partial charge in [0.1, 0.15) is 0 Å². The van der Waals surface area contributed by atoms with Crippen molar-refractivity contribution < 1.29 is 9.00 Å². The van der Waals surface area contributed by atoms with Gasteiger partial charge in [-0.15, -0.1) is 0 Å². The summed E-state index contributed by atoms with van der Waals surface area (Å²) in [7, 11) is -0.987.